The van der Waals surface area contributed by atoms with Crippen molar-refractivity contribution in [1.29, 1.82) is 0 Å². The Bertz CT molecular complexity index is 409. The molecule has 0 saturated carbocycles. The van der Waals surface area contributed by atoms with Crippen molar-refractivity contribution >= 4 is 11.8 Å². The van der Waals surface area contributed by atoms with E-state index in [2.05, 4.69) is 30.8 Å². The number of carbonyl (C=O) groups excluding carboxylic acids is 2. The average Bonchev–Trinajstić information content (AvgIpc) is 2.60. The van der Waals surface area contributed by atoms with Crippen molar-refractivity contribution in [3.8, 4) is 0 Å². The van der Waals surface area contributed by atoms with Crippen molar-refractivity contribution in [3.05, 3.63) is 0 Å². The molecule has 2 aliphatic heterocycles. The minimum atomic E-state index is 0.299. The van der Waals surface area contributed by atoms with Gasteiger partial charge in [0.1, 0.15) is 0 Å². The van der Waals surface area contributed by atoms with E-state index in [1.165, 1.54) is 0 Å². The first-order valence-corrected chi connectivity index (χ1v) is 9.73. The SMILES string of the molecule is CCCCC(=O)N1CCC(CC(=O)N2CCC(N(C)C)CC2)CC1. The van der Waals surface area contributed by atoms with Gasteiger partial charge in [-0.1, -0.05) is 13.3 Å². The second-order valence-corrected chi connectivity index (χ2v) is 7.71. The van der Waals surface area contributed by atoms with Gasteiger partial charge in [0.05, 0.1) is 0 Å². The summed E-state index contributed by atoms with van der Waals surface area (Å²) >= 11 is 0. The zero-order valence-electron chi connectivity index (χ0n) is 15.8. The largest absolute Gasteiger partial charge is 0.343 e. The summed E-state index contributed by atoms with van der Waals surface area (Å²) in [6, 6.07) is 0.617. The molecule has 0 aromatic heterocycles. The second kappa shape index (κ2) is 9.40. The van der Waals surface area contributed by atoms with E-state index < -0.39 is 0 Å². The first kappa shape index (κ1) is 19.2. The van der Waals surface area contributed by atoms with Crippen LogP contribution in [0.4, 0.5) is 0 Å². The maximum Gasteiger partial charge on any atom is 0.222 e. The Hall–Kier alpha value is -1.10. The van der Waals surface area contributed by atoms with Crippen LogP contribution in [-0.2, 0) is 9.59 Å². The van der Waals surface area contributed by atoms with Crippen molar-refractivity contribution in [2.45, 2.75) is 64.3 Å². The Balaban J connectivity index is 1.68. The van der Waals surface area contributed by atoms with Gasteiger partial charge in [-0.25, -0.2) is 0 Å². The summed E-state index contributed by atoms with van der Waals surface area (Å²) in [5.41, 5.74) is 0. The van der Waals surface area contributed by atoms with Gasteiger partial charge in [-0.15, -0.1) is 0 Å². The fourth-order valence-electron chi connectivity index (χ4n) is 3.88. The molecule has 0 bridgehead atoms. The highest BCUT2D eigenvalue weighted by molar-refractivity contribution is 5.77. The molecule has 5 nitrogen and oxygen atoms in total. The van der Waals surface area contributed by atoms with Crippen molar-refractivity contribution in [2.24, 2.45) is 5.92 Å². The quantitative estimate of drug-likeness (QED) is 0.747. The highest BCUT2D eigenvalue weighted by atomic mass is 16.2. The zero-order valence-corrected chi connectivity index (χ0v) is 15.8. The van der Waals surface area contributed by atoms with Crippen LogP contribution in [0.3, 0.4) is 0 Å². The topological polar surface area (TPSA) is 43.9 Å². The third-order valence-electron chi connectivity index (χ3n) is 5.72. The molecule has 0 radical (unpaired) electrons. The monoisotopic (exact) mass is 337 g/mol. The summed E-state index contributed by atoms with van der Waals surface area (Å²) in [6.07, 6.45) is 7.55. The molecule has 24 heavy (non-hydrogen) atoms. The molecule has 0 N–H and O–H groups in total. The number of amides is 2. The van der Waals surface area contributed by atoms with E-state index in [-0.39, 0.29) is 0 Å². The standard InChI is InChI=1S/C19H35N3O2/c1-4-5-6-18(23)21-11-7-16(8-12-21)15-19(24)22-13-9-17(10-14-22)20(2)3/h16-17H,4-15H2,1-3H3. The lowest BCUT2D eigenvalue weighted by molar-refractivity contribution is -0.135. The van der Waals surface area contributed by atoms with E-state index in [4.69, 9.17) is 0 Å². The zero-order chi connectivity index (χ0) is 17.5. The second-order valence-electron chi connectivity index (χ2n) is 7.71. The van der Waals surface area contributed by atoms with E-state index in [9.17, 15) is 9.59 Å². The summed E-state index contributed by atoms with van der Waals surface area (Å²) in [5.74, 6) is 1.08. The molecule has 5 heteroatoms. The van der Waals surface area contributed by atoms with Crippen LogP contribution < -0.4 is 0 Å². The maximum atomic E-state index is 12.5. The third kappa shape index (κ3) is 5.47. The number of nitrogens with zero attached hydrogens (tertiary/aromatic N) is 3. The fraction of sp³-hybridized carbons (Fsp3) is 0.895. The van der Waals surface area contributed by atoms with Crippen LogP contribution in [0.2, 0.25) is 0 Å². The van der Waals surface area contributed by atoms with Gasteiger partial charge in [0, 0.05) is 45.1 Å². The number of hydrogen-bond donors (Lipinski definition) is 0. The molecule has 138 valence electrons. The van der Waals surface area contributed by atoms with Gasteiger partial charge >= 0.3 is 0 Å². The molecular weight excluding hydrogens is 302 g/mol. The fourth-order valence-corrected chi connectivity index (χ4v) is 3.88. The molecule has 2 amide bonds. The summed E-state index contributed by atoms with van der Waals surface area (Å²) in [4.78, 5) is 30.9. The summed E-state index contributed by atoms with van der Waals surface area (Å²) in [7, 11) is 4.25. The number of unbranched alkanes of at least 4 members (excludes halogenated alkanes) is 1. The number of carbonyl (C=O) groups is 2. The number of piperidine rings is 2. The van der Waals surface area contributed by atoms with Crippen LogP contribution in [0.25, 0.3) is 0 Å². The normalized spacial score (nSPS) is 20.7. The van der Waals surface area contributed by atoms with Crippen LogP contribution in [0.1, 0.15) is 58.3 Å². The third-order valence-corrected chi connectivity index (χ3v) is 5.72. The maximum absolute atomic E-state index is 12.5. The predicted octanol–water partition coefficient (Wildman–Crippen LogP) is 2.36. The molecule has 2 fully saturated rings. The lowest BCUT2D eigenvalue weighted by Crippen LogP contribution is -2.45. The van der Waals surface area contributed by atoms with Crippen molar-refractivity contribution in [1.82, 2.24) is 14.7 Å². The van der Waals surface area contributed by atoms with Crippen LogP contribution in [0.15, 0.2) is 0 Å². The first-order valence-electron chi connectivity index (χ1n) is 9.73. The van der Waals surface area contributed by atoms with E-state index in [0.29, 0.717) is 36.6 Å². The molecule has 0 atom stereocenters. The number of rotatable bonds is 6. The van der Waals surface area contributed by atoms with Gasteiger partial charge in [-0.3, -0.25) is 9.59 Å². The van der Waals surface area contributed by atoms with Crippen molar-refractivity contribution in [3.63, 3.8) is 0 Å². The Morgan fingerprint density at radius 1 is 0.917 bits per heavy atom. The predicted molar refractivity (Wildman–Crippen MR) is 96.7 cm³/mol. The van der Waals surface area contributed by atoms with Gasteiger partial charge in [0.2, 0.25) is 11.8 Å². The summed E-state index contributed by atoms with van der Waals surface area (Å²) in [6.45, 7) is 5.59. The molecule has 2 heterocycles. The van der Waals surface area contributed by atoms with E-state index in [1.54, 1.807) is 0 Å². The van der Waals surface area contributed by atoms with Gasteiger partial charge < -0.3 is 14.7 Å². The van der Waals surface area contributed by atoms with Crippen LogP contribution >= 0.6 is 0 Å². The Morgan fingerprint density at radius 3 is 2.00 bits per heavy atom. The molecule has 0 aliphatic carbocycles. The minimum absolute atomic E-state index is 0.299. The summed E-state index contributed by atoms with van der Waals surface area (Å²) < 4.78 is 0. The highest BCUT2D eigenvalue weighted by Gasteiger charge is 2.28. The van der Waals surface area contributed by atoms with Gasteiger partial charge in [-0.05, 0) is 52.1 Å². The molecular formula is C19H35N3O2. The lowest BCUT2D eigenvalue weighted by Gasteiger charge is -2.37. The van der Waals surface area contributed by atoms with Gasteiger partial charge in [0.25, 0.3) is 0 Å². The Morgan fingerprint density at radius 2 is 1.46 bits per heavy atom. The van der Waals surface area contributed by atoms with Crippen LogP contribution in [0.5, 0.6) is 0 Å². The van der Waals surface area contributed by atoms with Gasteiger partial charge in [0.15, 0.2) is 0 Å². The number of likely N-dealkylation sites (tertiary alicyclic amines) is 2. The molecule has 2 rings (SSSR count). The molecule has 0 aromatic rings. The molecule has 2 aliphatic rings. The van der Waals surface area contributed by atoms with Gasteiger partial charge in [-0.2, -0.15) is 0 Å². The summed E-state index contributed by atoms with van der Waals surface area (Å²) in [5, 5.41) is 0. The first-order chi connectivity index (χ1) is 11.5. The smallest absolute Gasteiger partial charge is 0.222 e. The minimum Gasteiger partial charge on any atom is -0.343 e. The van der Waals surface area contributed by atoms with E-state index in [0.717, 1.165) is 64.7 Å². The highest BCUT2D eigenvalue weighted by Crippen LogP contribution is 2.23. The number of hydrogen-bond acceptors (Lipinski definition) is 3. The van der Waals surface area contributed by atoms with Crippen molar-refractivity contribution < 1.29 is 9.59 Å². The van der Waals surface area contributed by atoms with Crippen LogP contribution in [-0.4, -0.2) is 72.8 Å². The lowest BCUT2D eigenvalue weighted by atomic mass is 9.92. The Kier molecular flexibility index (Phi) is 7.53. The van der Waals surface area contributed by atoms with E-state index in [1.807, 2.05) is 4.90 Å². The van der Waals surface area contributed by atoms with Crippen LogP contribution in [0, 0.1) is 5.92 Å². The molecule has 0 spiro atoms. The van der Waals surface area contributed by atoms with E-state index >= 15 is 0 Å². The molecule has 2 saturated heterocycles. The molecule has 0 aromatic carbocycles. The van der Waals surface area contributed by atoms with Crippen molar-refractivity contribution in [2.75, 3.05) is 40.3 Å². The Labute approximate surface area is 147 Å². The average molecular weight is 338 g/mol. The molecule has 0 unspecified atom stereocenters.